The van der Waals surface area contributed by atoms with Crippen LogP contribution in [0.2, 0.25) is 0 Å². The van der Waals surface area contributed by atoms with E-state index in [0.29, 0.717) is 11.3 Å². The van der Waals surface area contributed by atoms with Crippen LogP contribution >= 0.6 is 0 Å². The molecule has 1 unspecified atom stereocenters. The summed E-state index contributed by atoms with van der Waals surface area (Å²) in [6, 6.07) is 0. The predicted octanol–water partition coefficient (Wildman–Crippen LogP) is 2.40. The van der Waals surface area contributed by atoms with Crippen molar-refractivity contribution >= 4 is 0 Å². The molecule has 0 bridgehead atoms. The Labute approximate surface area is 134 Å². The van der Waals surface area contributed by atoms with Gasteiger partial charge in [0.1, 0.15) is 5.82 Å². The number of aryl methyl sites for hydroxylation is 1. The van der Waals surface area contributed by atoms with E-state index in [2.05, 4.69) is 27.9 Å². The van der Waals surface area contributed by atoms with Crippen LogP contribution < -0.4 is 5.32 Å². The number of hydrogen-bond acceptors (Lipinski definition) is 3. The van der Waals surface area contributed by atoms with Gasteiger partial charge in [0, 0.05) is 37.4 Å². The molecular formula is C18H30N4. The van der Waals surface area contributed by atoms with E-state index in [4.69, 9.17) is 4.98 Å². The number of fused-ring (bicyclic) bond motifs is 1. The Morgan fingerprint density at radius 2 is 2.14 bits per heavy atom. The topological polar surface area (TPSA) is 33.1 Å². The summed E-state index contributed by atoms with van der Waals surface area (Å²) in [4.78, 5) is 7.50. The summed E-state index contributed by atoms with van der Waals surface area (Å²) in [6.07, 6.45) is 9.97. The van der Waals surface area contributed by atoms with Crippen molar-refractivity contribution < 1.29 is 0 Å². The molecule has 4 heterocycles. The lowest BCUT2D eigenvalue weighted by molar-refractivity contribution is 0.142. The van der Waals surface area contributed by atoms with Gasteiger partial charge in [0.15, 0.2) is 0 Å². The van der Waals surface area contributed by atoms with Gasteiger partial charge in [-0.2, -0.15) is 0 Å². The summed E-state index contributed by atoms with van der Waals surface area (Å²) in [7, 11) is 0. The fourth-order valence-corrected chi connectivity index (χ4v) is 4.68. The molecule has 22 heavy (non-hydrogen) atoms. The van der Waals surface area contributed by atoms with Gasteiger partial charge >= 0.3 is 0 Å². The van der Waals surface area contributed by atoms with E-state index in [9.17, 15) is 0 Å². The van der Waals surface area contributed by atoms with Gasteiger partial charge in [-0.3, -0.25) is 0 Å². The molecule has 4 rings (SSSR count). The van der Waals surface area contributed by atoms with Crippen LogP contribution in [0.4, 0.5) is 0 Å². The molecule has 4 nitrogen and oxygen atoms in total. The van der Waals surface area contributed by atoms with Gasteiger partial charge in [0.05, 0.1) is 0 Å². The zero-order valence-corrected chi connectivity index (χ0v) is 14.0. The Morgan fingerprint density at radius 3 is 2.91 bits per heavy atom. The molecule has 1 atom stereocenters. The van der Waals surface area contributed by atoms with Gasteiger partial charge in [-0.25, -0.2) is 4.98 Å². The lowest BCUT2D eigenvalue weighted by Gasteiger charge is -2.37. The minimum atomic E-state index is 0.499. The van der Waals surface area contributed by atoms with Crippen molar-refractivity contribution in [1.82, 2.24) is 19.8 Å². The Bertz CT molecular complexity index is 507. The quantitative estimate of drug-likeness (QED) is 0.931. The van der Waals surface area contributed by atoms with Crippen molar-refractivity contribution in [3.05, 3.63) is 17.7 Å². The first kappa shape index (κ1) is 14.7. The molecule has 0 aliphatic carbocycles. The van der Waals surface area contributed by atoms with E-state index in [0.717, 1.165) is 0 Å². The lowest BCUT2D eigenvalue weighted by Crippen LogP contribution is -2.41. The monoisotopic (exact) mass is 302 g/mol. The van der Waals surface area contributed by atoms with Crippen molar-refractivity contribution in [2.75, 3.05) is 32.7 Å². The zero-order chi connectivity index (χ0) is 15.0. The first-order valence-corrected chi connectivity index (χ1v) is 9.21. The Morgan fingerprint density at radius 1 is 1.27 bits per heavy atom. The molecule has 3 aliphatic heterocycles. The molecule has 0 saturated carbocycles. The molecule has 1 N–H and O–H groups in total. The maximum atomic E-state index is 4.80. The fourth-order valence-electron chi connectivity index (χ4n) is 4.68. The largest absolute Gasteiger partial charge is 0.332 e. The van der Waals surface area contributed by atoms with Crippen molar-refractivity contribution in [3.8, 4) is 0 Å². The standard InChI is InChI=1S/C18H30N4/c1-18(7-8-19-13-18)14-21-10-5-15(6-11-21)17-20-12-16-4-2-3-9-22(16)17/h12,15,19H,2-11,13-14H2,1H3. The predicted molar refractivity (Wildman–Crippen MR) is 89.2 cm³/mol. The van der Waals surface area contributed by atoms with Gasteiger partial charge in [0.2, 0.25) is 0 Å². The summed E-state index contributed by atoms with van der Waals surface area (Å²) in [6.45, 7) is 9.82. The number of imidazole rings is 1. The molecule has 0 amide bonds. The Kier molecular flexibility index (Phi) is 3.99. The fraction of sp³-hybridized carbons (Fsp3) is 0.833. The van der Waals surface area contributed by atoms with Gasteiger partial charge < -0.3 is 14.8 Å². The first-order valence-electron chi connectivity index (χ1n) is 9.21. The molecule has 2 fully saturated rings. The summed E-state index contributed by atoms with van der Waals surface area (Å²) in [5.74, 6) is 2.08. The summed E-state index contributed by atoms with van der Waals surface area (Å²) < 4.78 is 2.53. The van der Waals surface area contributed by atoms with Crippen molar-refractivity contribution in [2.24, 2.45) is 5.41 Å². The van der Waals surface area contributed by atoms with E-state index in [1.807, 2.05) is 0 Å². The number of piperidine rings is 1. The minimum absolute atomic E-state index is 0.499. The lowest BCUT2D eigenvalue weighted by atomic mass is 9.87. The number of nitrogens with one attached hydrogen (secondary N) is 1. The number of hydrogen-bond donors (Lipinski definition) is 1. The van der Waals surface area contributed by atoms with Crippen molar-refractivity contribution in [2.45, 2.75) is 57.9 Å². The average molecular weight is 302 g/mol. The normalized spacial score (nSPS) is 30.6. The van der Waals surface area contributed by atoms with Gasteiger partial charge in [0.25, 0.3) is 0 Å². The third-order valence-electron chi connectivity index (χ3n) is 6.05. The number of nitrogens with zero attached hydrogens (tertiary/aromatic N) is 3. The number of likely N-dealkylation sites (tertiary alicyclic amines) is 1. The summed E-state index contributed by atoms with van der Waals surface area (Å²) in [5.41, 5.74) is 1.98. The maximum Gasteiger partial charge on any atom is 0.112 e. The second-order valence-corrected chi connectivity index (χ2v) is 8.00. The summed E-state index contributed by atoms with van der Waals surface area (Å²) >= 11 is 0. The van der Waals surface area contributed by atoms with Gasteiger partial charge in [-0.1, -0.05) is 6.92 Å². The SMILES string of the molecule is CC1(CN2CCC(c3ncc4n3CCCC4)CC2)CCNC1. The molecule has 1 aromatic rings. The molecule has 3 aliphatic rings. The molecule has 122 valence electrons. The minimum Gasteiger partial charge on any atom is -0.332 e. The van der Waals surface area contributed by atoms with Crippen LogP contribution in [0.3, 0.4) is 0 Å². The third-order valence-corrected chi connectivity index (χ3v) is 6.05. The number of aromatic nitrogens is 2. The Balaban J connectivity index is 1.37. The smallest absolute Gasteiger partial charge is 0.112 e. The molecular weight excluding hydrogens is 272 g/mol. The van der Waals surface area contributed by atoms with Gasteiger partial charge in [-0.15, -0.1) is 0 Å². The van der Waals surface area contributed by atoms with E-state index in [-0.39, 0.29) is 0 Å². The van der Waals surface area contributed by atoms with Crippen LogP contribution in [-0.2, 0) is 13.0 Å². The molecule has 0 aromatic carbocycles. The van der Waals surface area contributed by atoms with E-state index in [1.165, 1.54) is 89.3 Å². The Hall–Kier alpha value is -0.870. The zero-order valence-electron chi connectivity index (χ0n) is 14.0. The second kappa shape index (κ2) is 5.97. The molecule has 2 saturated heterocycles. The molecule has 1 aromatic heterocycles. The summed E-state index contributed by atoms with van der Waals surface area (Å²) in [5, 5.41) is 3.53. The van der Waals surface area contributed by atoms with Crippen LogP contribution in [0, 0.1) is 5.41 Å². The number of rotatable bonds is 3. The van der Waals surface area contributed by atoms with E-state index < -0.39 is 0 Å². The highest BCUT2D eigenvalue weighted by molar-refractivity contribution is 5.12. The van der Waals surface area contributed by atoms with Gasteiger partial charge in [-0.05, 0) is 63.6 Å². The van der Waals surface area contributed by atoms with Crippen LogP contribution in [-0.4, -0.2) is 47.2 Å². The molecule has 4 heteroatoms. The van der Waals surface area contributed by atoms with Crippen LogP contribution in [0.15, 0.2) is 6.20 Å². The molecule has 0 radical (unpaired) electrons. The second-order valence-electron chi connectivity index (χ2n) is 8.00. The highest BCUT2D eigenvalue weighted by Crippen LogP contribution is 2.32. The highest BCUT2D eigenvalue weighted by atomic mass is 15.2. The average Bonchev–Trinajstić information content (AvgIpc) is 3.15. The van der Waals surface area contributed by atoms with E-state index in [1.54, 1.807) is 0 Å². The maximum absolute atomic E-state index is 4.80. The third kappa shape index (κ3) is 2.83. The van der Waals surface area contributed by atoms with E-state index >= 15 is 0 Å². The van der Waals surface area contributed by atoms with Crippen LogP contribution in [0.25, 0.3) is 0 Å². The van der Waals surface area contributed by atoms with Crippen LogP contribution in [0.1, 0.15) is 56.5 Å². The highest BCUT2D eigenvalue weighted by Gasteiger charge is 2.33. The molecule has 0 spiro atoms. The van der Waals surface area contributed by atoms with Crippen LogP contribution in [0.5, 0.6) is 0 Å². The first-order chi connectivity index (χ1) is 10.7. The van der Waals surface area contributed by atoms with Crippen molar-refractivity contribution in [3.63, 3.8) is 0 Å². The van der Waals surface area contributed by atoms with Crippen molar-refractivity contribution in [1.29, 1.82) is 0 Å².